The second kappa shape index (κ2) is 22.4. The third-order valence-corrected chi connectivity index (χ3v) is 14.7. The molecule has 6 aliphatic rings. The SMILES string of the molecule is CCC1=C2C(=O)CC3=C4NC(=C(C)C5=NC(=CC6=NC(=C(CC(C)C)/C6=C/O)C=C1N=C32)C([C@@H](C)O)=C5C)[C@@H](C)C4CCC(=O)OC/C=C(\C)CCC[C@H](C)CCC[C@H](C)CCCC(C)C. The first-order valence-electron chi connectivity index (χ1n) is 25.4. The number of ether oxygens (including phenoxy) is 1. The lowest BCUT2D eigenvalue weighted by Gasteiger charge is -2.17. The molecule has 8 bridgehead atoms. The van der Waals surface area contributed by atoms with Crippen LogP contribution in [-0.2, 0) is 14.3 Å². The average Bonchev–Trinajstić information content (AvgIpc) is 4.03. The number of ketones is 1. The number of hydrogen-bond donors (Lipinski definition) is 3. The molecule has 5 atom stereocenters. The van der Waals surface area contributed by atoms with Gasteiger partial charge in [-0.25, -0.2) is 15.0 Å². The zero-order chi connectivity index (χ0) is 48.0. The third kappa shape index (κ3) is 11.5. The number of nitrogens with one attached hydrogen (secondary N) is 1. The van der Waals surface area contributed by atoms with Crippen molar-refractivity contribution in [1.29, 1.82) is 0 Å². The molecule has 5 aliphatic heterocycles. The molecular weight excluding hydrogens is 821 g/mol. The predicted molar refractivity (Wildman–Crippen MR) is 271 cm³/mol. The second-order valence-corrected chi connectivity index (χ2v) is 21.1. The van der Waals surface area contributed by atoms with Crippen molar-refractivity contribution in [3.05, 3.63) is 103 Å². The Hall–Kier alpha value is -4.63. The molecule has 358 valence electrons. The monoisotopic (exact) mass is 901 g/mol. The van der Waals surface area contributed by atoms with Crippen LogP contribution in [0.25, 0.3) is 0 Å². The van der Waals surface area contributed by atoms with E-state index in [1.165, 1.54) is 50.5 Å². The van der Waals surface area contributed by atoms with E-state index in [4.69, 9.17) is 19.7 Å². The summed E-state index contributed by atoms with van der Waals surface area (Å²) in [6.45, 7) is 26.1. The highest BCUT2D eigenvalue weighted by Crippen LogP contribution is 2.47. The minimum absolute atomic E-state index is 0.0454. The van der Waals surface area contributed by atoms with Crippen LogP contribution in [-0.4, -0.2) is 51.8 Å². The van der Waals surface area contributed by atoms with Gasteiger partial charge in [-0.3, -0.25) is 9.59 Å². The summed E-state index contributed by atoms with van der Waals surface area (Å²) in [5.74, 6) is 2.29. The number of rotatable bonds is 21. The number of esters is 1. The van der Waals surface area contributed by atoms with Crippen LogP contribution >= 0.6 is 0 Å². The molecule has 0 amide bonds. The second-order valence-electron chi connectivity index (χ2n) is 21.1. The third-order valence-electron chi connectivity index (χ3n) is 14.7. The van der Waals surface area contributed by atoms with Gasteiger partial charge in [0.15, 0.2) is 5.78 Å². The first-order valence-corrected chi connectivity index (χ1v) is 25.4. The predicted octanol–water partition coefficient (Wildman–Crippen LogP) is 13.3. The number of aliphatic hydroxyl groups excluding tert-OH is 2. The fourth-order valence-corrected chi connectivity index (χ4v) is 10.9. The van der Waals surface area contributed by atoms with Gasteiger partial charge in [0.25, 0.3) is 0 Å². The van der Waals surface area contributed by atoms with Gasteiger partial charge in [0.1, 0.15) is 6.61 Å². The molecule has 5 heterocycles. The van der Waals surface area contributed by atoms with Crippen LogP contribution in [0.1, 0.15) is 173 Å². The maximum absolute atomic E-state index is 14.1. The van der Waals surface area contributed by atoms with Crippen LogP contribution < -0.4 is 5.32 Å². The van der Waals surface area contributed by atoms with E-state index in [0.29, 0.717) is 64.5 Å². The molecular formula is C57H80N4O5. The summed E-state index contributed by atoms with van der Waals surface area (Å²) >= 11 is 0. The molecule has 66 heavy (non-hydrogen) atoms. The summed E-state index contributed by atoms with van der Waals surface area (Å²) < 4.78 is 5.83. The first-order chi connectivity index (χ1) is 31.4. The van der Waals surface area contributed by atoms with Gasteiger partial charge in [0.05, 0.1) is 46.6 Å². The summed E-state index contributed by atoms with van der Waals surface area (Å²) in [5, 5.41) is 25.7. The molecule has 0 aromatic carbocycles. The molecule has 1 saturated heterocycles. The minimum atomic E-state index is -0.803. The van der Waals surface area contributed by atoms with Crippen molar-refractivity contribution >= 4 is 28.9 Å². The number of fused-ring (bicyclic) bond motifs is 5. The van der Waals surface area contributed by atoms with Crippen molar-refractivity contribution in [1.82, 2.24) is 5.32 Å². The molecule has 0 aromatic heterocycles. The van der Waals surface area contributed by atoms with Crippen LogP contribution in [0.3, 0.4) is 0 Å². The number of aliphatic imine (C=N–C) groups is 3. The van der Waals surface area contributed by atoms with E-state index >= 15 is 0 Å². The van der Waals surface area contributed by atoms with E-state index in [0.717, 1.165) is 81.8 Å². The highest BCUT2D eigenvalue weighted by atomic mass is 16.5. The molecule has 1 unspecified atom stereocenters. The van der Waals surface area contributed by atoms with E-state index in [1.807, 2.05) is 19.1 Å². The van der Waals surface area contributed by atoms with Gasteiger partial charge in [-0.1, -0.05) is 106 Å². The molecule has 6 rings (SSSR count). The topological polar surface area (TPSA) is 133 Å². The summed E-state index contributed by atoms with van der Waals surface area (Å²) in [7, 11) is 0. The van der Waals surface area contributed by atoms with E-state index in [9.17, 15) is 19.8 Å². The zero-order valence-corrected chi connectivity index (χ0v) is 42.4. The Morgan fingerprint density at radius 2 is 1.52 bits per heavy atom. The number of carbonyl (C=O) groups excluding carboxylic acids is 2. The van der Waals surface area contributed by atoms with Crippen molar-refractivity contribution in [3.8, 4) is 0 Å². The maximum Gasteiger partial charge on any atom is 0.306 e. The molecule has 1 aliphatic carbocycles. The Kier molecular flexibility index (Phi) is 17.3. The van der Waals surface area contributed by atoms with Crippen molar-refractivity contribution in [3.63, 3.8) is 0 Å². The minimum Gasteiger partial charge on any atom is -0.515 e. The highest BCUT2D eigenvalue weighted by molar-refractivity contribution is 6.38. The maximum atomic E-state index is 14.1. The molecule has 3 N–H and O–H groups in total. The summed E-state index contributed by atoms with van der Waals surface area (Å²) in [5.41, 5.74) is 13.7. The quantitative estimate of drug-likeness (QED) is 0.0597. The lowest BCUT2D eigenvalue weighted by molar-refractivity contribution is -0.142. The number of carbonyl (C=O) groups is 2. The van der Waals surface area contributed by atoms with Crippen LogP contribution in [0.2, 0.25) is 0 Å². The standard InChI is InChI=1S/C57H80N4O5/c1-13-41-46-29-47-43(27-33(4)5)45(31-62)48(58-47)30-49-52(40(12)63)38(10)55(60-49)39(11)54-37(9)42(56(61-54)44-28-50(64)53(41)57(44)59-46)23-24-51(65)66-26-25-36(8)22-16-21-35(7)20-15-19-34(6)18-14-17-32(2)3/h25,29-35,37,40,42,61-63H,13-24,26-28H2,1-12H3/b36-25+,45-31-,46-29?,49-30?,54-39?,56-44?/t34-,35-,37+,40-,42?/m1/s1. The van der Waals surface area contributed by atoms with E-state index in [2.05, 4.69) is 80.6 Å². The lowest BCUT2D eigenvalue weighted by atomic mass is 9.85. The van der Waals surface area contributed by atoms with Crippen molar-refractivity contribution in [2.45, 2.75) is 179 Å². The van der Waals surface area contributed by atoms with E-state index in [-0.39, 0.29) is 49.0 Å². The Balaban J connectivity index is 1.21. The van der Waals surface area contributed by atoms with Gasteiger partial charge < -0.3 is 20.3 Å². The van der Waals surface area contributed by atoms with Gasteiger partial charge in [-0.05, 0) is 124 Å². The normalized spacial score (nSPS) is 22.8. The van der Waals surface area contributed by atoms with Crippen molar-refractivity contribution in [2.24, 2.45) is 50.5 Å². The Bertz CT molecular complexity index is 2310. The van der Waals surface area contributed by atoms with E-state index < -0.39 is 6.10 Å². The van der Waals surface area contributed by atoms with Gasteiger partial charge in [0.2, 0.25) is 0 Å². The summed E-state index contributed by atoms with van der Waals surface area (Å²) in [6.07, 6.45) is 19.9. The van der Waals surface area contributed by atoms with Crippen molar-refractivity contribution < 1.29 is 24.5 Å². The molecule has 0 aromatic rings. The van der Waals surface area contributed by atoms with Gasteiger partial charge in [-0.15, -0.1) is 0 Å². The van der Waals surface area contributed by atoms with Crippen LogP contribution in [0, 0.1) is 35.5 Å². The Morgan fingerprint density at radius 1 is 0.848 bits per heavy atom. The van der Waals surface area contributed by atoms with Crippen LogP contribution in [0.15, 0.2) is 118 Å². The summed E-state index contributed by atoms with van der Waals surface area (Å²) in [6, 6.07) is 0. The summed E-state index contributed by atoms with van der Waals surface area (Å²) in [4.78, 5) is 43.0. The smallest absolute Gasteiger partial charge is 0.306 e. The average molecular weight is 901 g/mol. The lowest BCUT2D eigenvalue weighted by Crippen LogP contribution is -2.16. The Morgan fingerprint density at radius 3 is 2.15 bits per heavy atom. The highest BCUT2D eigenvalue weighted by Gasteiger charge is 2.44. The molecule has 9 nitrogen and oxygen atoms in total. The first kappa shape index (κ1) is 50.8. The largest absolute Gasteiger partial charge is 0.515 e. The fourth-order valence-electron chi connectivity index (χ4n) is 10.9. The number of aliphatic hydroxyl groups is 2. The number of allylic oxidation sites excluding steroid dienone is 12. The van der Waals surface area contributed by atoms with Gasteiger partial charge >= 0.3 is 5.97 Å². The molecule has 1 saturated carbocycles. The number of nitrogens with zero attached hydrogens (tertiary/aromatic N) is 3. The molecule has 9 heteroatoms. The van der Waals surface area contributed by atoms with Crippen LogP contribution in [0.4, 0.5) is 0 Å². The Labute approximate surface area is 396 Å². The molecule has 0 radical (unpaired) electrons. The van der Waals surface area contributed by atoms with Crippen LogP contribution in [0.5, 0.6) is 0 Å². The zero-order valence-electron chi connectivity index (χ0n) is 42.4. The van der Waals surface area contributed by atoms with Gasteiger partial charge in [0, 0.05) is 58.4 Å². The fraction of sp³-hybridized carbons (Fsp3) is 0.596. The molecule has 0 spiro atoms. The van der Waals surface area contributed by atoms with E-state index in [1.54, 1.807) is 6.92 Å². The number of hydrogen-bond acceptors (Lipinski definition) is 9. The van der Waals surface area contributed by atoms with Gasteiger partial charge in [-0.2, -0.15) is 0 Å². The number of Topliss-reactive ketones (excluding diaryl/α,β-unsaturated/α-hetero) is 1. The van der Waals surface area contributed by atoms with Crippen molar-refractivity contribution in [2.75, 3.05) is 6.61 Å². The molecule has 2 fully saturated rings.